The van der Waals surface area contributed by atoms with Gasteiger partial charge < -0.3 is 14.2 Å². The molecule has 1 aromatic carbocycles. The molecule has 1 aliphatic heterocycles. The van der Waals surface area contributed by atoms with Gasteiger partial charge in [-0.25, -0.2) is 9.37 Å². The highest BCUT2D eigenvalue weighted by Gasteiger charge is 2.29. The topological polar surface area (TPSA) is 45.6 Å². The molecule has 0 aliphatic carbocycles. The normalized spacial score (nSPS) is 14.7. The van der Waals surface area contributed by atoms with Crippen molar-refractivity contribution in [3.8, 4) is 5.75 Å². The first kappa shape index (κ1) is 16.4. The standard InChI is InChI=1S/C16H16ClFN2O2S/c17-11-7-13(5-6-23-21)19-16(8-11)20-9-15(10-20)22-14-3-1-12(18)2-4-14/h1-4,7-8,15,21H,5-6,9-10H2. The zero-order chi connectivity index (χ0) is 16.2. The van der Waals surface area contributed by atoms with E-state index in [0.717, 1.165) is 23.6 Å². The third kappa shape index (κ3) is 4.28. The predicted octanol–water partition coefficient (Wildman–Crippen LogP) is 3.89. The molecule has 4 nitrogen and oxygen atoms in total. The van der Waals surface area contributed by atoms with E-state index in [1.807, 2.05) is 12.1 Å². The van der Waals surface area contributed by atoms with Crippen molar-refractivity contribution in [1.82, 2.24) is 4.98 Å². The molecule has 0 bridgehead atoms. The van der Waals surface area contributed by atoms with Crippen LogP contribution in [0.15, 0.2) is 36.4 Å². The van der Waals surface area contributed by atoms with Crippen molar-refractivity contribution >= 4 is 29.5 Å². The first-order chi connectivity index (χ1) is 11.1. The van der Waals surface area contributed by atoms with Gasteiger partial charge in [-0.15, -0.1) is 0 Å². The highest BCUT2D eigenvalue weighted by atomic mass is 35.5. The zero-order valence-corrected chi connectivity index (χ0v) is 13.9. The number of benzene rings is 1. The smallest absolute Gasteiger partial charge is 0.134 e. The molecular weight excluding hydrogens is 339 g/mol. The van der Waals surface area contributed by atoms with Crippen LogP contribution in [0.4, 0.5) is 10.2 Å². The van der Waals surface area contributed by atoms with E-state index >= 15 is 0 Å². The van der Waals surface area contributed by atoms with Crippen LogP contribution in [0.1, 0.15) is 5.69 Å². The number of hydrogen-bond acceptors (Lipinski definition) is 5. The summed E-state index contributed by atoms with van der Waals surface area (Å²) < 4.78 is 27.5. The molecule has 0 atom stereocenters. The van der Waals surface area contributed by atoms with Gasteiger partial charge in [0.2, 0.25) is 0 Å². The number of pyridine rings is 1. The first-order valence-electron chi connectivity index (χ1n) is 7.24. The summed E-state index contributed by atoms with van der Waals surface area (Å²) in [6, 6.07) is 9.66. The molecule has 2 aromatic rings. The first-order valence-corrected chi connectivity index (χ1v) is 8.56. The SMILES string of the molecule is OSCCc1cc(Cl)cc(N2CC(Oc3ccc(F)cc3)C2)n1. The summed E-state index contributed by atoms with van der Waals surface area (Å²) in [5.74, 6) is 1.79. The number of halogens is 2. The monoisotopic (exact) mass is 354 g/mol. The molecule has 23 heavy (non-hydrogen) atoms. The minimum atomic E-state index is -0.274. The number of rotatable bonds is 6. The van der Waals surface area contributed by atoms with Crippen LogP contribution in [0.5, 0.6) is 5.75 Å². The summed E-state index contributed by atoms with van der Waals surface area (Å²) in [6.45, 7) is 1.41. The maximum absolute atomic E-state index is 12.9. The van der Waals surface area contributed by atoms with Gasteiger partial charge in [-0.05, 0) is 48.4 Å². The van der Waals surface area contributed by atoms with Gasteiger partial charge in [0, 0.05) is 22.9 Å². The summed E-state index contributed by atoms with van der Waals surface area (Å²) in [5, 5.41) is 0.635. The highest BCUT2D eigenvalue weighted by Crippen LogP contribution is 2.26. The Labute approximate surface area is 143 Å². The van der Waals surface area contributed by atoms with Crippen molar-refractivity contribution in [2.75, 3.05) is 23.7 Å². The fourth-order valence-corrected chi connectivity index (χ4v) is 2.91. The van der Waals surface area contributed by atoms with Gasteiger partial charge in [0.1, 0.15) is 23.5 Å². The van der Waals surface area contributed by atoms with E-state index in [0.29, 0.717) is 36.0 Å². The number of anilines is 1. The molecule has 3 rings (SSSR count). The maximum Gasteiger partial charge on any atom is 0.134 e. The summed E-state index contributed by atoms with van der Waals surface area (Å²) in [5.41, 5.74) is 0.858. The third-order valence-corrected chi connectivity index (χ3v) is 4.17. The number of hydrogen-bond donors (Lipinski definition) is 1. The Bertz CT molecular complexity index is 666. The van der Waals surface area contributed by atoms with Crippen molar-refractivity contribution in [2.24, 2.45) is 0 Å². The van der Waals surface area contributed by atoms with Gasteiger partial charge in [0.25, 0.3) is 0 Å². The Morgan fingerprint density at radius 3 is 2.74 bits per heavy atom. The van der Waals surface area contributed by atoms with Crippen LogP contribution in [0.25, 0.3) is 0 Å². The predicted molar refractivity (Wildman–Crippen MR) is 91.1 cm³/mol. The van der Waals surface area contributed by atoms with Gasteiger partial charge in [-0.2, -0.15) is 0 Å². The lowest BCUT2D eigenvalue weighted by Gasteiger charge is -2.40. The second-order valence-corrected chi connectivity index (χ2v) is 6.42. The van der Waals surface area contributed by atoms with Crippen molar-refractivity contribution in [3.63, 3.8) is 0 Å². The lowest BCUT2D eigenvalue weighted by molar-refractivity contribution is 0.166. The molecule has 1 N–H and O–H groups in total. The second kappa shape index (κ2) is 7.38. The van der Waals surface area contributed by atoms with Crippen molar-refractivity contribution < 1.29 is 13.7 Å². The van der Waals surface area contributed by atoms with Gasteiger partial charge in [-0.3, -0.25) is 0 Å². The summed E-state index contributed by atoms with van der Waals surface area (Å²) in [6.07, 6.45) is 0.718. The maximum atomic E-state index is 12.9. The lowest BCUT2D eigenvalue weighted by atomic mass is 10.1. The molecule has 0 spiro atoms. The molecule has 1 aliphatic rings. The molecular formula is C16H16ClFN2O2S. The average molecular weight is 355 g/mol. The Kier molecular flexibility index (Phi) is 5.25. The number of ether oxygens (including phenoxy) is 1. The average Bonchev–Trinajstić information content (AvgIpc) is 2.49. The summed E-state index contributed by atoms with van der Waals surface area (Å²) in [7, 11) is 0. The van der Waals surface area contributed by atoms with E-state index in [-0.39, 0.29) is 11.9 Å². The van der Waals surface area contributed by atoms with Crippen LogP contribution in [0.3, 0.4) is 0 Å². The molecule has 1 fully saturated rings. The van der Waals surface area contributed by atoms with E-state index in [2.05, 4.69) is 9.88 Å². The van der Waals surface area contributed by atoms with Crippen LogP contribution < -0.4 is 9.64 Å². The lowest BCUT2D eigenvalue weighted by Crippen LogP contribution is -2.54. The summed E-state index contributed by atoms with van der Waals surface area (Å²) >= 11 is 6.93. The summed E-state index contributed by atoms with van der Waals surface area (Å²) in [4.78, 5) is 6.64. The van der Waals surface area contributed by atoms with Gasteiger partial charge in [-0.1, -0.05) is 11.6 Å². The van der Waals surface area contributed by atoms with Crippen molar-refractivity contribution in [2.45, 2.75) is 12.5 Å². The molecule has 2 heterocycles. The van der Waals surface area contributed by atoms with Crippen LogP contribution >= 0.6 is 23.6 Å². The fraction of sp³-hybridized carbons (Fsp3) is 0.312. The third-order valence-electron chi connectivity index (χ3n) is 3.57. The van der Waals surface area contributed by atoms with E-state index in [4.69, 9.17) is 20.9 Å². The van der Waals surface area contributed by atoms with E-state index in [9.17, 15) is 4.39 Å². The van der Waals surface area contributed by atoms with E-state index in [1.54, 1.807) is 12.1 Å². The molecule has 0 saturated carbocycles. The van der Waals surface area contributed by atoms with Crippen LogP contribution in [-0.4, -0.2) is 34.5 Å². The number of aryl methyl sites for hydroxylation is 1. The number of aromatic nitrogens is 1. The molecule has 0 amide bonds. The van der Waals surface area contributed by atoms with Crippen LogP contribution in [0, 0.1) is 5.82 Å². The quantitative estimate of drug-likeness (QED) is 0.797. The van der Waals surface area contributed by atoms with E-state index < -0.39 is 0 Å². The Morgan fingerprint density at radius 1 is 1.30 bits per heavy atom. The number of nitrogens with zero attached hydrogens (tertiary/aromatic N) is 2. The van der Waals surface area contributed by atoms with Crippen LogP contribution in [-0.2, 0) is 6.42 Å². The van der Waals surface area contributed by atoms with Gasteiger partial charge >= 0.3 is 0 Å². The molecule has 0 radical (unpaired) electrons. The molecule has 122 valence electrons. The largest absolute Gasteiger partial charge is 0.487 e. The molecule has 1 saturated heterocycles. The Morgan fingerprint density at radius 2 is 2.04 bits per heavy atom. The minimum absolute atomic E-state index is 0.0534. The van der Waals surface area contributed by atoms with E-state index in [1.165, 1.54) is 12.1 Å². The second-order valence-electron chi connectivity index (χ2n) is 5.32. The van der Waals surface area contributed by atoms with Gasteiger partial charge in [0.15, 0.2) is 0 Å². The Hall–Kier alpha value is -1.50. The molecule has 1 aromatic heterocycles. The Balaban J connectivity index is 1.58. The molecule has 7 heteroatoms. The minimum Gasteiger partial charge on any atom is -0.487 e. The fourth-order valence-electron chi connectivity index (χ4n) is 2.38. The van der Waals surface area contributed by atoms with Crippen molar-refractivity contribution in [1.29, 1.82) is 0 Å². The molecule has 0 unspecified atom stereocenters. The highest BCUT2D eigenvalue weighted by molar-refractivity contribution is 7.93. The van der Waals surface area contributed by atoms with Crippen LogP contribution in [0.2, 0.25) is 5.02 Å². The van der Waals surface area contributed by atoms with Gasteiger partial charge in [0.05, 0.1) is 13.1 Å². The van der Waals surface area contributed by atoms with Crippen molar-refractivity contribution in [3.05, 3.63) is 52.9 Å². The zero-order valence-electron chi connectivity index (χ0n) is 12.3.